The number of carbonyl (C=O) groups is 1. The van der Waals surface area contributed by atoms with E-state index in [9.17, 15) is 4.79 Å². The van der Waals surface area contributed by atoms with Crippen molar-refractivity contribution in [2.75, 3.05) is 12.8 Å². The van der Waals surface area contributed by atoms with Gasteiger partial charge in [0.05, 0.1) is 19.5 Å². The predicted molar refractivity (Wildman–Crippen MR) is 54.5 cm³/mol. The van der Waals surface area contributed by atoms with E-state index in [0.717, 1.165) is 0 Å². The molecule has 0 fully saturated rings. The van der Waals surface area contributed by atoms with E-state index in [2.05, 4.69) is 15.0 Å². The quantitative estimate of drug-likeness (QED) is 0.741. The number of nitrogen functional groups attached to an aromatic ring is 1. The fourth-order valence-electron chi connectivity index (χ4n) is 1.39. The monoisotopic (exact) mass is 222 g/mol. The van der Waals surface area contributed by atoms with Gasteiger partial charge in [-0.2, -0.15) is 5.10 Å². The van der Waals surface area contributed by atoms with Gasteiger partial charge in [0, 0.05) is 7.05 Å². The number of esters is 1. The number of hydrogen-bond donors (Lipinski definition) is 1. The molecular weight excluding hydrogens is 212 g/mol. The molecule has 0 aliphatic carbocycles. The highest BCUT2D eigenvalue weighted by atomic mass is 16.5. The van der Waals surface area contributed by atoms with Gasteiger partial charge in [0.1, 0.15) is 16.9 Å². The highest BCUT2D eigenvalue weighted by Crippen LogP contribution is 2.28. The Bertz CT molecular complexity index is 529. The Hall–Kier alpha value is -2.31. The summed E-state index contributed by atoms with van der Waals surface area (Å²) in [5, 5.41) is 7.51. The fourth-order valence-corrected chi connectivity index (χ4v) is 1.39. The molecule has 7 heteroatoms. The van der Waals surface area contributed by atoms with Gasteiger partial charge >= 0.3 is 5.97 Å². The van der Waals surface area contributed by atoms with Crippen molar-refractivity contribution >= 4 is 11.7 Å². The van der Waals surface area contributed by atoms with Gasteiger partial charge in [-0.25, -0.2) is 4.79 Å². The maximum absolute atomic E-state index is 11.5. The Balaban J connectivity index is 2.60. The number of carbonyl (C=O) groups excluding carboxylic acids is 1. The second kappa shape index (κ2) is 3.69. The zero-order chi connectivity index (χ0) is 11.7. The largest absolute Gasteiger partial charge is 0.465 e. The van der Waals surface area contributed by atoms with Gasteiger partial charge in [0.15, 0.2) is 0 Å². The Morgan fingerprint density at radius 1 is 1.56 bits per heavy atom. The van der Waals surface area contributed by atoms with Crippen LogP contribution in [0.4, 0.5) is 5.69 Å². The van der Waals surface area contributed by atoms with E-state index >= 15 is 0 Å². The minimum Gasteiger partial charge on any atom is -0.465 e. The first-order chi connectivity index (χ1) is 7.65. The number of aryl methyl sites for hydroxylation is 1. The lowest BCUT2D eigenvalue weighted by Crippen LogP contribution is -2.04. The molecule has 16 heavy (non-hydrogen) atoms. The fraction of sp³-hybridized carbons (Fsp3) is 0.222. The van der Waals surface area contributed by atoms with Gasteiger partial charge in [-0.05, 0) is 0 Å². The van der Waals surface area contributed by atoms with Crippen molar-refractivity contribution in [3.05, 3.63) is 18.0 Å². The maximum Gasteiger partial charge on any atom is 0.341 e. The number of rotatable bonds is 2. The minimum atomic E-state index is -0.501. The lowest BCUT2D eigenvalue weighted by molar-refractivity contribution is 0.0601. The molecule has 0 aliphatic rings. The number of ether oxygens (including phenoxy) is 1. The smallest absolute Gasteiger partial charge is 0.341 e. The number of nitrogens with two attached hydrogens (primary N) is 1. The standard InChI is InChI=1S/C9H10N4O3/c1-13-7(8-6(10)4-12-16-8)5(3-11-13)9(14)15-2/h3-4H,10H2,1-2H3. The van der Waals surface area contributed by atoms with Crippen molar-refractivity contribution in [1.82, 2.24) is 14.9 Å². The number of nitrogens with zero attached hydrogens (tertiary/aromatic N) is 3. The second-order valence-corrected chi connectivity index (χ2v) is 3.13. The average Bonchev–Trinajstić information content (AvgIpc) is 2.83. The first-order valence-electron chi connectivity index (χ1n) is 4.46. The Kier molecular flexibility index (Phi) is 2.35. The van der Waals surface area contributed by atoms with Crippen LogP contribution in [0.25, 0.3) is 11.5 Å². The molecule has 2 aromatic heterocycles. The van der Waals surface area contributed by atoms with Gasteiger partial charge in [-0.3, -0.25) is 4.68 Å². The van der Waals surface area contributed by atoms with E-state index < -0.39 is 5.97 Å². The van der Waals surface area contributed by atoms with Crippen LogP contribution in [0.3, 0.4) is 0 Å². The molecule has 2 heterocycles. The van der Waals surface area contributed by atoms with Crippen molar-refractivity contribution < 1.29 is 14.1 Å². The molecule has 0 bridgehead atoms. The van der Waals surface area contributed by atoms with Crippen molar-refractivity contribution in [2.24, 2.45) is 7.05 Å². The summed E-state index contributed by atoms with van der Waals surface area (Å²) in [5.74, 6) is -0.195. The molecule has 0 unspecified atom stereocenters. The zero-order valence-corrected chi connectivity index (χ0v) is 8.80. The summed E-state index contributed by atoms with van der Waals surface area (Å²) in [5.41, 5.74) is 6.73. The molecule has 2 aromatic rings. The number of aromatic nitrogens is 3. The summed E-state index contributed by atoms with van der Waals surface area (Å²) in [6, 6.07) is 0. The molecule has 0 saturated heterocycles. The Morgan fingerprint density at radius 3 is 2.88 bits per heavy atom. The molecule has 0 amide bonds. The van der Waals surface area contributed by atoms with E-state index in [1.54, 1.807) is 7.05 Å². The second-order valence-electron chi connectivity index (χ2n) is 3.13. The molecule has 0 spiro atoms. The highest BCUT2D eigenvalue weighted by Gasteiger charge is 2.22. The van der Waals surface area contributed by atoms with Crippen molar-refractivity contribution in [3.63, 3.8) is 0 Å². The summed E-state index contributed by atoms with van der Waals surface area (Å²) >= 11 is 0. The van der Waals surface area contributed by atoms with Crippen LogP contribution in [0.1, 0.15) is 10.4 Å². The Labute approximate surface area is 90.8 Å². The number of hydrogen-bond acceptors (Lipinski definition) is 6. The van der Waals surface area contributed by atoms with Crippen LogP contribution in [0.15, 0.2) is 16.9 Å². The van der Waals surface area contributed by atoms with Crippen LogP contribution >= 0.6 is 0 Å². The van der Waals surface area contributed by atoms with Gasteiger partial charge in [0.25, 0.3) is 0 Å². The normalized spacial score (nSPS) is 10.4. The molecule has 2 rings (SSSR count). The van der Waals surface area contributed by atoms with E-state index in [0.29, 0.717) is 17.1 Å². The first kappa shape index (κ1) is 10.2. The predicted octanol–water partition coefficient (Wildman–Crippen LogP) is 0.444. The van der Waals surface area contributed by atoms with Crippen LogP contribution in [0.2, 0.25) is 0 Å². The lowest BCUT2D eigenvalue weighted by Gasteiger charge is -2.01. The van der Waals surface area contributed by atoms with Gasteiger partial charge in [-0.1, -0.05) is 5.16 Å². The van der Waals surface area contributed by atoms with Crippen LogP contribution in [0.5, 0.6) is 0 Å². The van der Waals surface area contributed by atoms with Gasteiger partial charge in [-0.15, -0.1) is 0 Å². The molecule has 84 valence electrons. The van der Waals surface area contributed by atoms with Gasteiger partial charge < -0.3 is 15.0 Å². The topological polar surface area (TPSA) is 96.2 Å². The third kappa shape index (κ3) is 1.42. The van der Waals surface area contributed by atoms with Crippen LogP contribution in [-0.2, 0) is 11.8 Å². The summed E-state index contributed by atoms with van der Waals surface area (Å²) in [7, 11) is 2.96. The summed E-state index contributed by atoms with van der Waals surface area (Å²) in [6.07, 6.45) is 2.76. The molecule has 0 atom stereocenters. The van der Waals surface area contributed by atoms with Crippen molar-refractivity contribution in [2.45, 2.75) is 0 Å². The van der Waals surface area contributed by atoms with Crippen LogP contribution < -0.4 is 5.73 Å². The summed E-state index contributed by atoms with van der Waals surface area (Å²) < 4.78 is 11.1. The van der Waals surface area contributed by atoms with Crippen LogP contribution in [0, 0.1) is 0 Å². The maximum atomic E-state index is 11.5. The molecule has 0 radical (unpaired) electrons. The number of anilines is 1. The Morgan fingerprint density at radius 2 is 2.31 bits per heavy atom. The minimum absolute atomic E-state index is 0.286. The van der Waals surface area contributed by atoms with E-state index in [4.69, 9.17) is 10.3 Å². The summed E-state index contributed by atoms with van der Waals surface area (Å²) in [6.45, 7) is 0. The SMILES string of the molecule is COC(=O)c1cnn(C)c1-c1oncc1N. The number of methoxy groups -OCH3 is 1. The van der Waals surface area contributed by atoms with Crippen LogP contribution in [-0.4, -0.2) is 28.0 Å². The van der Waals surface area contributed by atoms with Crippen molar-refractivity contribution in [1.29, 1.82) is 0 Å². The molecule has 0 aliphatic heterocycles. The lowest BCUT2D eigenvalue weighted by atomic mass is 10.2. The first-order valence-corrected chi connectivity index (χ1v) is 4.46. The highest BCUT2D eigenvalue weighted by molar-refractivity contribution is 5.96. The van der Waals surface area contributed by atoms with E-state index in [-0.39, 0.29) is 5.56 Å². The molecule has 0 aromatic carbocycles. The molecule has 0 saturated carbocycles. The average molecular weight is 222 g/mol. The zero-order valence-electron chi connectivity index (χ0n) is 8.80. The van der Waals surface area contributed by atoms with E-state index in [1.165, 1.54) is 24.2 Å². The van der Waals surface area contributed by atoms with Crippen molar-refractivity contribution in [3.8, 4) is 11.5 Å². The van der Waals surface area contributed by atoms with Gasteiger partial charge in [0.2, 0.25) is 5.76 Å². The summed E-state index contributed by atoms with van der Waals surface area (Å²) in [4.78, 5) is 11.5. The molecule has 2 N–H and O–H groups in total. The molecule has 7 nitrogen and oxygen atoms in total. The third-order valence-electron chi connectivity index (χ3n) is 2.16. The molecular formula is C9H10N4O3. The van der Waals surface area contributed by atoms with E-state index in [1.807, 2.05) is 0 Å². The third-order valence-corrected chi connectivity index (χ3v) is 2.16.